The highest BCUT2D eigenvalue weighted by Gasteiger charge is 2.51. The van der Waals surface area contributed by atoms with E-state index in [1.54, 1.807) is 83.3 Å². The van der Waals surface area contributed by atoms with E-state index in [1.807, 2.05) is 0 Å². The number of ether oxygens (including phenoxy) is 3. The van der Waals surface area contributed by atoms with Gasteiger partial charge in [-0.15, -0.1) is 17.9 Å². The Kier molecular flexibility index (Phi) is 12.0. The molecule has 2 saturated carbocycles. The second kappa shape index (κ2) is 16.3. The van der Waals surface area contributed by atoms with E-state index in [9.17, 15) is 32.4 Å². The fourth-order valence-corrected chi connectivity index (χ4v) is 9.18. The number of carbonyl (C=O) groups excluding carboxylic acids is 5. The van der Waals surface area contributed by atoms with Crippen LogP contribution in [0.2, 0.25) is 0 Å². The van der Waals surface area contributed by atoms with Crippen molar-refractivity contribution in [3.8, 4) is 11.6 Å². The Morgan fingerprint density at radius 3 is 2.31 bits per heavy atom. The molecular formula is C41H51N5O10S2. The molecule has 0 radical (unpaired) electrons. The van der Waals surface area contributed by atoms with Crippen LogP contribution in [0.4, 0.5) is 4.79 Å². The number of allylic oxidation sites excluding steroid dienone is 1. The van der Waals surface area contributed by atoms with Gasteiger partial charge in [-0.3, -0.25) is 23.9 Å². The van der Waals surface area contributed by atoms with Crippen molar-refractivity contribution in [2.75, 3.05) is 13.7 Å². The summed E-state index contributed by atoms with van der Waals surface area (Å²) in [5, 5.41) is 7.63. The minimum atomic E-state index is -3.93. The van der Waals surface area contributed by atoms with Crippen LogP contribution in [0.5, 0.6) is 11.6 Å². The lowest BCUT2D eigenvalue weighted by molar-refractivity contribution is -0.142. The maximum absolute atomic E-state index is 14.6. The van der Waals surface area contributed by atoms with Gasteiger partial charge in [0.15, 0.2) is 0 Å². The Bertz CT molecular complexity index is 2210. The molecule has 58 heavy (non-hydrogen) atoms. The number of methoxy groups -OCH3 is 1. The number of pyridine rings is 1. The van der Waals surface area contributed by atoms with Crippen LogP contribution in [0.3, 0.4) is 0 Å². The van der Waals surface area contributed by atoms with Gasteiger partial charge in [0, 0.05) is 23.4 Å². The fourth-order valence-electron chi connectivity index (χ4n) is 7.18. The van der Waals surface area contributed by atoms with Crippen LogP contribution < -0.4 is 24.8 Å². The molecule has 3 aliphatic rings. The second-order valence-electron chi connectivity index (χ2n) is 17.1. The van der Waals surface area contributed by atoms with Gasteiger partial charge in [0.05, 0.1) is 29.3 Å². The van der Waals surface area contributed by atoms with Gasteiger partial charge in [0.2, 0.25) is 33.5 Å². The van der Waals surface area contributed by atoms with Crippen molar-refractivity contribution >= 4 is 61.7 Å². The number of fused-ring (bicyclic) bond motifs is 1. The molecule has 3 fully saturated rings. The Hall–Kier alpha value is -5.03. The van der Waals surface area contributed by atoms with Crippen LogP contribution >= 0.6 is 11.3 Å². The first-order valence-electron chi connectivity index (χ1n) is 19.2. The third kappa shape index (κ3) is 9.46. The van der Waals surface area contributed by atoms with E-state index in [2.05, 4.69) is 26.9 Å². The average molecular weight is 838 g/mol. The topological polar surface area (TPSA) is 199 Å². The third-order valence-electron chi connectivity index (χ3n) is 10.4. The number of nitrogens with one attached hydrogen (secondary N) is 3. The Balaban J connectivity index is 1.33. The number of ketones is 1. The molecule has 3 N–H and O–H groups in total. The van der Waals surface area contributed by atoms with Gasteiger partial charge in [0.25, 0.3) is 5.91 Å². The number of likely N-dealkylation sites (tertiary alicyclic amines) is 1. The van der Waals surface area contributed by atoms with E-state index < -0.39 is 80.3 Å². The standard InChI is InChI=1S/C41H51N5O10S2/c1-9-22-19-27(22)32(36(49)45-58(52,53)24-12-13-24)43-35(48)28-20-23(21-46(28)38(50)34(40(2,3)4)44-39(51)56-41(5,6)7)55-37-26-14-15-29(54-8)31(25(26)16-17-42-37)33(47)30-11-10-18-57-30/h9-11,14-18,22-24,27-28,32,34H,1,12-13,19-21H2,2-8H3,(H,43,48)(H,44,51)(H,45,49)/t22?,23-,27?,28+,32?,34-/m1/s1. The van der Waals surface area contributed by atoms with E-state index in [0.717, 1.165) is 0 Å². The smallest absolute Gasteiger partial charge is 0.408 e. The van der Waals surface area contributed by atoms with Gasteiger partial charge in [-0.2, -0.15) is 0 Å². The fraction of sp³-hybridized carbons (Fsp3) is 0.512. The maximum atomic E-state index is 14.6. The number of amides is 4. The van der Waals surface area contributed by atoms with E-state index in [4.69, 9.17) is 14.2 Å². The lowest BCUT2D eigenvalue weighted by Gasteiger charge is -2.36. The molecule has 1 aliphatic heterocycles. The van der Waals surface area contributed by atoms with E-state index in [0.29, 0.717) is 46.2 Å². The molecular weight excluding hydrogens is 787 g/mol. The number of alkyl carbamates (subject to hydrolysis) is 1. The molecule has 4 amide bonds. The summed E-state index contributed by atoms with van der Waals surface area (Å²) in [4.78, 5) is 75.7. The van der Waals surface area contributed by atoms with Crippen molar-refractivity contribution in [2.24, 2.45) is 17.3 Å². The van der Waals surface area contributed by atoms with Gasteiger partial charge in [-0.1, -0.05) is 32.9 Å². The normalized spacial score (nSPS) is 21.7. The van der Waals surface area contributed by atoms with Gasteiger partial charge >= 0.3 is 6.09 Å². The second-order valence-corrected chi connectivity index (χ2v) is 20.0. The molecule has 3 unspecified atom stereocenters. The van der Waals surface area contributed by atoms with E-state index >= 15 is 0 Å². The van der Waals surface area contributed by atoms with E-state index in [-0.39, 0.29) is 30.5 Å². The number of carbonyl (C=O) groups is 5. The molecule has 2 aromatic heterocycles. The number of nitrogens with zero attached hydrogens (tertiary/aromatic N) is 2. The first kappa shape index (κ1) is 42.6. The lowest BCUT2D eigenvalue weighted by Crippen LogP contribution is -2.59. The minimum Gasteiger partial charge on any atom is -0.496 e. The lowest BCUT2D eigenvalue weighted by atomic mass is 9.85. The van der Waals surface area contributed by atoms with Crippen LogP contribution in [-0.2, 0) is 29.1 Å². The van der Waals surface area contributed by atoms with Crippen LogP contribution in [0.25, 0.3) is 10.8 Å². The Morgan fingerprint density at radius 2 is 1.72 bits per heavy atom. The molecule has 1 aromatic carbocycles. The predicted octanol–water partition coefficient (Wildman–Crippen LogP) is 4.74. The molecule has 0 spiro atoms. The summed E-state index contributed by atoms with van der Waals surface area (Å²) in [6.45, 7) is 14.1. The Labute approximate surface area is 342 Å². The highest BCUT2D eigenvalue weighted by Crippen LogP contribution is 2.43. The molecule has 312 valence electrons. The van der Waals surface area contributed by atoms with Gasteiger partial charge in [0.1, 0.15) is 35.6 Å². The van der Waals surface area contributed by atoms with Gasteiger partial charge < -0.3 is 29.7 Å². The first-order chi connectivity index (χ1) is 27.2. The number of rotatable bonds is 14. The summed E-state index contributed by atoms with van der Waals surface area (Å²) in [7, 11) is -2.45. The van der Waals surface area contributed by atoms with Gasteiger partial charge in [-0.05, 0) is 86.9 Å². The number of thiophene rings is 1. The number of hydrogen-bond donors (Lipinski definition) is 3. The van der Waals surface area contributed by atoms with Crippen molar-refractivity contribution in [3.63, 3.8) is 0 Å². The molecule has 3 heterocycles. The first-order valence-corrected chi connectivity index (χ1v) is 21.6. The summed E-state index contributed by atoms with van der Waals surface area (Å²) >= 11 is 1.30. The van der Waals surface area contributed by atoms with Crippen molar-refractivity contribution in [3.05, 3.63) is 65.0 Å². The van der Waals surface area contributed by atoms with Crippen molar-refractivity contribution in [1.82, 2.24) is 25.2 Å². The van der Waals surface area contributed by atoms with Crippen LogP contribution in [0.1, 0.15) is 82.5 Å². The van der Waals surface area contributed by atoms with Crippen LogP contribution in [0.15, 0.2) is 54.6 Å². The van der Waals surface area contributed by atoms with Crippen LogP contribution in [0, 0.1) is 17.3 Å². The number of hydrogen-bond acceptors (Lipinski definition) is 12. The number of sulfonamides is 1. The molecule has 2 aliphatic carbocycles. The number of aromatic nitrogens is 1. The van der Waals surface area contributed by atoms with Crippen LogP contribution in [-0.4, -0.2) is 96.6 Å². The van der Waals surface area contributed by atoms with Gasteiger partial charge in [-0.25, -0.2) is 18.2 Å². The minimum absolute atomic E-state index is 0.0552. The molecule has 6 rings (SSSR count). The average Bonchev–Trinajstić information content (AvgIpc) is 4.05. The quantitative estimate of drug-likeness (QED) is 0.150. The molecule has 1 saturated heterocycles. The predicted molar refractivity (Wildman–Crippen MR) is 217 cm³/mol. The maximum Gasteiger partial charge on any atom is 0.408 e. The van der Waals surface area contributed by atoms with Crippen molar-refractivity contribution < 1.29 is 46.6 Å². The molecule has 3 aromatic rings. The van der Waals surface area contributed by atoms with Crippen molar-refractivity contribution in [2.45, 2.75) is 102 Å². The largest absolute Gasteiger partial charge is 0.496 e. The zero-order valence-corrected chi connectivity index (χ0v) is 35.3. The summed E-state index contributed by atoms with van der Waals surface area (Å²) in [6, 6.07) is 4.95. The highest BCUT2D eigenvalue weighted by molar-refractivity contribution is 7.90. The number of benzene rings is 1. The molecule has 0 bridgehead atoms. The SMILES string of the molecule is C=CC1CC1C(NC(=O)[C@@H]1C[C@@H](Oc2nccc3c(C(=O)c4cccs4)c(OC)ccc23)CN1C(=O)[C@@H](NC(=O)OC(C)(C)C)C(C)(C)C)C(=O)NS(=O)(=O)C1CC1. The Morgan fingerprint density at radius 1 is 1.00 bits per heavy atom. The summed E-state index contributed by atoms with van der Waals surface area (Å²) < 4.78 is 45.3. The summed E-state index contributed by atoms with van der Waals surface area (Å²) in [6.07, 6.45) is 2.83. The zero-order valence-electron chi connectivity index (χ0n) is 33.7. The van der Waals surface area contributed by atoms with E-state index in [1.165, 1.54) is 29.5 Å². The summed E-state index contributed by atoms with van der Waals surface area (Å²) in [5.41, 5.74) is -1.40. The third-order valence-corrected chi connectivity index (χ3v) is 13.1. The monoisotopic (exact) mass is 837 g/mol. The summed E-state index contributed by atoms with van der Waals surface area (Å²) in [5.74, 6) is -2.44. The molecule has 6 atom stereocenters. The van der Waals surface area contributed by atoms with Crippen molar-refractivity contribution in [1.29, 1.82) is 0 Å². The zero-order chi connectivity index (χ0) is 42.3. The molecule has 17 heteroatoms. The highest BCUT2D eigenvalue weighted by atomic mass is 32.2. The molecule has 15 nitrogen and oxygen atoms in total.